The summed E-state index contributed by atoms with van der Waals surface area (Å²) in [4.78, 5) is 35.0. The highest BCUT2D eigenvalue weighted by atomic mass is 16.5. The molecule has 1 aliphatic heterocycles. The van der Waals surface area contributed by atoms with E-state index in [4.69, 9.17) is 4.74 Å². The van der Waals surface area contributed by atoms with Crippen molar-refractivity contribution in [3.63, 3.8) is 0 Å². The quantitative estimate of drug-likeness (QED) is 0.608. The number of hydrogen-bond acceptors (Lipinski definition) is 4. The summed E-state index contributed by atoms with van der Waals surface area (Å²) in [5, 5.41) is 7.87. The third-order valence-corrected chi connectivity index (χ3v) is 3.41. The van der Waals surface area contributed by atoms with Gasteiger partial charge in [0.15, 0.2) is 0 Å². The van der Waals surface area contributed by atoms with Gasteiger partial charge in [-0.15, -0.1) is 0 Å². The molecule has 0 aromatic heterocycles. The molecule has 7 heteroatoms. The van der Waals surface area contributed by atoms with Crippen LogP contribution in [-0.2, 0) is 14.3 Å². The topological polar surface area (TPSA) is 96.5 Å². The highest BCUT2D eigenvalue weighted by molar-refractivity contribution is 5.96. The van der Waals surface area contributed by atoms with Gasteiger partial charge in [0.05, 0.1) is 6.54 Å². The van der Waals surface area contributed by atoms with Crippen LogP contribution in [-0.4, -0.2) is 50.1 Å². The monoisotopic (exact) mass is 319 g/mol. The lowest BCUT2D eigenvalue weighted by molar-refractivity contribution is -0.130. The maximum atomic E-state index is 11.8. The van der Waals surface area contributed by atoms with Crippen LogP contribution in [0.1, 0.15) is 23.2 Å². The van der Waals surface area contributed by atoms with Gasteiger partial charge in [0.2, 0.25) is 11.8 Å². The molecule has 1 heterocycles. The standard InChI is InChI=1S/C16H21N3O4/c20-14(11-19-15(21)12-5-2-1-3-6-12)17-8-9-18-16(22)13-7-4-10-23-13/h1-3,5-6,13H,4,7-11H2,(H,17,20)(H,18,22)(H,19,21). The summed E-state index contributed by atoms with van der Waals surface area (Å²) in [6.45, 7) is 1.15. The molecule has 1 fully saturated rings. The lowest BCUT2D eigenvalue weighted by Gasteiger charge is -2.11. The van der Waals surface area contributed by atoms with Crippen LogP contribution in [0.3, 0.4) is 0 Å². The molecule has 0 aliphatic carbocycles. The van der Waals surface area contributed by atoms with Crippen LogP contribution in [0.25, 0.3) is 0 Å². The van der Waals surface area contributed by atoms with Gasteiger partial charge in [-0.1, -0.05) is 18.2 Å². The average Bonchev–Trinajstić information content (AvgIpc) is 3.12. The molecule has 0 spiro atoms. The van der Waals surface area contributed by atoms with Crippen molar-refractivity contribution < 1.29 is 19.1 Å². The third kappa shape index (κ3) is 5.71. The van der Waals surface area contributed by atoms with Gasteiger partial charge >= 0.3 is 0 Å². The van der Waals surface area contributed by atoms with Crippen molar-refractivity contribution >= 4 is 17.7 Å². The van der Waals surface area contributed by atoms with Crippen LogP contribution < -0.4 is 16.0 Å². The third-order valence-electron chi connectivity index (χ3n) is 3.41. The van der Waals surface area contributed by atoms with Crippen LogP contribution in [0.4, 0.5) is 0 Å². The average molecular weight is 319 g/mol. The van der Waals surface area contributed by atoms with E-state index < -0.39 is 0 Å². The minimum atomic E-state index is -0.365. The van der Waals surface area contributed by atoms with E-state index in [0.717, 1.165) is 12.8 Å². The van der Waals surface area contributed by atoms with Gasteiger partial charge in [-0.05, 0) is 25.0 Å². The van der Waals surface area contributed by atoms with Gasteiger partial charge in [-0.25, -0.2) is 0 Å². The van der Waals surface area contributed by atoms with Crippen LogP contribution in [0, 0.1) is 0 Å². The lowest BCUT2D eigenvalue weighted by atomic mass is 10.2. The second-order valence-electron chi connectivity index (χ2n) is 5.19. The Balaban J connectivity index is 1.56. The van der Waals surface area contributed by atoms with E-state index in [1.165, 1.54) is 0 Å². The van der Waals surface area contributed by atoms with Gasteiger partial charge in [0, 0.05) is 25.3 Å². The maximum absolute atomic E-state index is 11.8. The van der Waals surface area contributed by atoms with Crippen molar-refractivity contribution in [1.29, 1.82) is 0 Å². The zero-order valence-corrected chi connectivity index (χ0v) is 12.8. The van der Waals surface area contributed by atoms with E-state index in [9.17, 15) is 14.4 Å². The predicted molar refractivity (Wildman–Crippen MR) is 83.8 cm³/mol. The first kappa shape index (κ1) is 17.0. The van der Waals surface area contributed by atoms with Crippen LogP contribution >= 0.6 is 0 Å². The summed E-state index contributed by atoms with van der Waals surface area (Å²) in [6, 6.07) is 8.67. The maximum Gasteiger partial charge on any atom is 0.251 e. The van der Waals surface area contributed by atoms with E-state index in [1.807, 2.05) is 6.07 Å². The number of ether oxygens (including phenoxy) is 1. The highest BCUT2D eigenvalue weighted by Gasteiger charge is 2.22. The first-order valence-electron chi connectivity index (χ1n) is 7.66. The van der Waals surface area contributed by atoms with Crippen molar-refractivity contribution in [2.24, 2.45) is 0 Å². The summed E-state index contributed by atoms with van der Waals surface area (Å²) in [5.74, 6) is -0.748. The molecule has 23 heavy (non-hydrogen) atoms. The van der Waals surface area contributed by atoms with E-state index in [2.05, 4.69) is 16.0 Å². The molecule has 2 rings (SSSR count). The Morgan fingerprint density at radius 1 is 1.04 bits per heavy atom. The van der Waals surface area contributed by atoms with E-state index in [1.54, 1.807) is 24.3 Å². The fourth-order valence-corrected chi connectivity index (χ4v) is 2.20. The Labute approximate surface area is 134 Å². The summed E-state index contributed by atoms with van der Waals surface area (Å²) in [6.07, 6.45) is 1.27. The minimum Gasteiger partial charge on any atom is -0.368 e. The fraction of sp³-hybridized carbons (Fsp3) is 0.438. The molecule has 7 nitrogen and oxygen atoms in total. The molecule has 0 saturated carbocycles. The van der Waals surface area contributed by atoms with Gasteiger partial charge in [-0.3, -0.25) is 14.4 Å². The Kier molecular flexibility index (Phi) is 6.56. The molecule has 124 valence electrons. The summed E-state index contributed by atoms with van der Waals surface area (Å²) >= 11 is 0. The molecule has 1 saturated heterocycles. The summed E-state index contributed by atoms with van der Waals surface area (Å²) in [5.41, 5.74) is 0.504. The number of rotatable bonds is 7. The molecule has 1 atom stereocenters. The molecular formula is C16H21N3O4. The van der Waals surface area contributed by atoms with Gasteiger partial charge in [0.25, 0.3) is 5.91 Å². The van der Waals surface area contributed by atoms with Crippen molar-refractivity contribution in [2.75, 3.05) is 26.2 Å². The van der Waals surface area contributed by atoms with Gasteiger partial charge < -0.3 is 20.7 Å². The van der Waals surface area contributed by atoms with Crippen LogP contribution in [0.15, 0.2) is 30.3 Å². The van der Waals surface area contributed by atoms with E-state index >= 15 is 0 Å². The van der Waals surface area contributed by atoms with Crippen molar-refractivity contribution in [1.82, 2.24) is 16.0 Å². The molecular weight excluding hydrogens is 298 g/mol. The van der Waals surface area contributed by atoms with Crippen LogP contribution in [0.2, 0.25) is 0 Å². The second kappa shape index (κ2) is 8.89. The first-order chi connectivity index (χ1) is 11.2. The molecule has 1 aromatic rings. The number of benzene rings is 1. The van der Waals surface area contributed by atoms with Crippen molar-refractivity contribution in [3.05, 3.63) is 35.9 Å². The zero-order chi connectivity index (χ0) is 16.5. The Bertz CT molecular complexity index is 542. The van der Waals surface area contributed by atoms with Crippen LogP contribution in [0.5, 0.6) is 0 Å². The number of nitrogens with one attached hydrogen (secondary N) is 3. The molecule has 0 radical (unpaired) electrons. The molecule has 1 aromatic carbocycles. The number of carbonyl (C=O) groups excluding carboxylic acids is 3. The first-order valence-corrected chi connectivity index (χ1v) is 7.66. The van der Waals surface area contributed by atoms with Gasteiger partial charge in [0.1, 0.15) is 6.10 Å². The van der Waals surface area contributed by atoms with E-state index in [0.29, 0.717) is 25.3 Å². The Morgan fingerprint density at radius 3 is 2.48 bits per heavy atom. The molecule has 1 aliphatic rings. The second-order valence-corrected chi connectivity index (χ2v) is 5.19. The Morgan fingerprint density at radius 2 is 1.78 bits per heavy atom. The van der Waals surface area contributed by atoms with E-state index in [-0.39, 0.29) is 30.4 Å². The Hall–Kier alpha value is -2.41. The fourth-order valence-electron chi connectivity index (χ4n) is 2.20. The largest absolute Gasteiger partial charge is 0.368 e. The summed E-state index contributed by atoms with van der Waals surface area (Å²) < 4.78 is 5.25. The smallest absolute Gasteiger partial charge is 0.251 e. The van der Waals surface area contributed by atoms with Gasteiger partial charge in [-0.2, -0.15) is 0 Å². The zero-order valence-electron chi connectivity index (χ0n) is 12.8. The molecule has 3 N–H and O–H groups in total. The van der Waals surface area contributed by atoms with Crippen molar-refractivity contribution in [2.45, 2.75) is 18.9 Å². The lowest BCUT2D eigenvalue weighted by Crippen LogP contribution is -2.42. The number of carbonyl (C=O) groups is 3. The minimum absolute atomic E-state index is 0.104. The molecule has 1 unspecified atom stereocenters. The molecule has 0 bridgehead atoms. The highest BCUT2D eigenvalue weighted by Crippen LogP contribution is 2.11. The number of amides is 3. The summed E-state index contributed by atoms with van der Waals surface area (Å²) in [7, 11) is 0. The predicted octanol–water partition coefficient (Wildman–Crippen LogP) is -0.172. The van der Waals surface area contributed by atoms with Crippen molar-refractivity contribution in [3.8, 4) is 0 Å². The SMILES string of the molecule is O=C(CNC(=O)c1ccccc1)NCCNC(=O)C1CCCO1. The number of hydrogen-bond donors (Lipinski definition) is 3. The molecule has 3 amide bonds. The normalized spacial score (nSPS) is 16.6.